The van der Waals surface area contributed by atoms with Crippen molar-refractivity contribution in [1.29, 1.82) is 0 Å². The van der Waals surface area contributed by atoms with Gasteiger partial charge in [-0.3, -0.25) is 0 Å². The van der Waals surface area contributed by atoms with E-state index in [1.807, 2.05) is 20.8 Å². The summed E-state index contributed by atoms with van der Waals surface area (Å²) in [7, 11) is -2.53. The monoisotopic (exact) mass is 276 g/mol. The Morgan fingerprint density at radius 1 is 0.833 bits per heavy atom. The van der Waals surface area contributed by atoms with Gasteiger partial charge in [-0.25, -0.2) is 0 Å². The third kappa shape index (κ3) is 5.39. The maximum atomic E-state index is 6.03. The fourth-order valence-electron chi connectivity index (χ4n) is 2.39. The summed E-state index contributed by atoms with van der Waals surface area (Å²) in [6.45, 7) is 14.8. The Morgan fingerprint density at radius 2 is 1.28 bits per heavy atom. The average Bonchev–Trinajstić information content (AvgIpc) is 2.30. The zero-order valence-electron chi connectivity index (χ0n) is 13.1. The molecule has 110 valence electrons. The highest BCUT2D eigenvalue weighted by molar-refractivity contribution is 6.62. The van der Waals surface area contributed by atoms with E-state index in [2.05, 4.69) is 20.8 Å². The van der Waals surface area contributed by atoms with Crippen molar-refractivity contribution < 1.29 is 13.3 Å². The van der Waals surface area contributed by atoms with Crippen molar-refractivity contribution in [2.75, 3.05) is 19.8 Å². The predicted molar refractivity (Wildman–Crippen MR) is 78.7 cm³/mol. The first-order valence-corrected chi connectivity index (χ1v) is 9.29. The van der Waals surface area contributed by atoms with E-state index in [0.29, 0.717) is 31.3 Å². The van der Waals surface area contributed by atoms with E-state index >= 15 is 0 Å². The lowest BCUT2D eigenvalue weighted by Gasteiger charge is -2.37. The molecule has 0 aromatic heterocycles. The lowest BCUT2D eigenvalue weighted by molar-refractivity contribution is 0.0538. The van der Waals surface area contributed by atoms with Gasteiger partial charge in [-0.05, 0) is 33.1 Å². The maximum Gasteiger partial charge on any atom is 0.504 e. The van der Waals surface area contributed by atoms with Crippen LogP contribution in [0.5, 0.6) is 0 Å². The second-order valence-electron chi connectivity index (χ2n) is 4.90. The van der Waals surface area contributed by atoms with E-state index in [1.54, 1.807) is 0 Å². The molecule has 3 nitrogen and oxygen atoms in total. The zero-order valence-corrected chi connectivity index (χ0v) is 14.1. The van der Waals surface area contributed by atoms with E-state index in [9.17, 15) is 0 Å². The summed E-state index contributed by atoms with van der Waals surface area (Å²) in [6, 6.07) is 0. The summed E-state index contributed by atoms with van der Waals surface area (Å²) in [4.78, 5) is 0. The molecule has 0 aromatic carbocycles. The minimum absolute atomic E-state index is 0.414. The van der Waals surface area contributed by atoms with Gasteiger partial charge >= 0.3 is 8.80 Å². The lowest BCUT2D eigenvalue weighted by Crippen LogP contribution is -2.52. The number of unbranched alkanes of at least 4 members (excludes halogenated alkanes) is 1. The molecule has 0 saturated carbocycles. The lowest BCUT2D eigenvalue weighted by atomic mass is 10.0. The molecule has 0 rings (SSSR count). The van der Waals surface area contributed by atoms with Crippen LogP contribution in [0.2, 0.25) is 5.54 Å². The van der Waals surface area contributed by atoms with Crippen molar-refractivity contribution in [2.45, 2.75) is 66.3 Å². The molecule has 0 saturated heterocycles. The standard InChI is InChI=1S/C14H32O3Si/c1-7-11-12-14(13(5)6)18(15-8-2,16-9-3)17-10-4/h13-14H,7-12H2,1-6H3. The molecule has 4 heteroatoms. The van der Waals surface area contributed by atoms with Gasteiger partial charge in [-0.1, -0.05) is 33.6 Å². The van der Waals surface area contributed by atoms with E-state index in [1.165, 1.54) is 12.8 Å². The third-order valence-electron chi connectivity index (χ3n) is 3.16. The summed E-state index contributed by atoms with van der Waals surface area (Å²) in [6.07, 6.45) is 3.56. The summed E-state index contributed by atoms with van der Waals surface area (Å²) in [5, 5.41) is 0. The molecule has 1 unspecified atom stereocenters. The van der Waals surface area contributed by atoms with Gasteiger partial charge in [0.05, 0.1) is 0 Å². The molecule has 0 bridgehead atoms. The smallest absolute Gasteiger partial charge is 0.374 e. The van der Waals surface area contributed by atoms with Crippen LogP contribution in [-0.2, 0) is 13.3 Å². The summed E-state index contributed by atoms with van der Waals surface area (Å²) >= 11 is 0. The first-order valence-electron chi connectivity index (χ1n) is 7.49. The Labute approximate surface area is 115 Å². The van der Waals surface area contributed by atoms with Crippen LogP contribution in [0.1, 0.15) is 60.8 Å². The van der Waals surface area contributed by atoms with Crippen LogP contribution in [0, 0.1) is 5.92 Å². The highest BCUT2D eigenvalue weighted by Gasteiger charge is 2.49. The van der Waals surface area contributed by atoms with Crippen molar-refractivity contribution in [1.82, 2.24) is 0 Å². The summed E-state index contributed by atoms with van der Waals surface area (Å²) in [5.74, 6) is 0.535. The molecule has 0 radical (unpaired) electrons. The Balaban J connectivity index is 5.01. The van der Waals surface area contributed by atoms with Crippen LogP contribution in [0.15, 0.2) is 0 Å². The molecule has 0 spiro atoms. The first-order chi connectivity index (χ1) is 8.57. The molecule has 0 aliphatic heterocycles. The average molecular weight is 276 g/mol. The van der Waals surface area contributed by atoms with Gasteiger partial charge in [0.1, 0.15) is 0 Å². The van der Waals surface area contributed by atoms with Gasteiger partial charge in [-0.2, -0.15) is 0 Å². The van der Waals surface area contributed by atoms with Crippen LogP contribution < -0.4 is 0 Å². The van der Waals surface area contributed by atoms with Crippen molar-refractivity contribution in [3.05, 3.63) is 0 Å². The first kappa shape index (κ1) is 18.1. The largest absolute Gasteiger partial charge is 0.504 e. The highest BCUT2D eigenvalue weighted by Crippen LogP contribution is 2.37. The number of rotatable bonds is 11. The van der Waals surface area contributed by atoms with Gasteiger partial charge in [0.15, 0.2) is 0 Å². The van der Waals surface area contributed by atoms with Crippen molar-refractivity contribution >= 4 is 8.80 Å². The van der Waals surface area contributed by atoms with Crippen LogP contribution in [0.25, 0.3) is 0 Å². The van der Waals surface area contributed by atoms with E-state index in [0.717, 1.165) is 6.42 Å². The van der Waals surface area contributed by atoms with Gasteiger partial charge < -0.3 is 13.3 Å². The normalized spacial score (nSPS) is 14.2. The van der Waals surface area contributed by atoms with Gasteiger partial charge in [0.2, 0.25) is 0 Å². The second kappa shape index (κ2) is 9.95. The van der Waals surface area contributed by atoms with Crippen molar-refractivity contribution in [3.63, 3.8) is 0 Å². The molecule has 0 fully saturated rings. The van der Waals surface area contributed by atoms with Gasteiger partial charge in [0.25, 0.3) is 0 Å². The molecule has 0 aliphatic rings. The Hall–Kier alpha value is 0.0969. The Morgan fingerprint density at radius 3 is 1.56 bits per heavy atom. The molecule has 0 N–H and O–H groups in total. The summed E-state index contributed by atoms with van der Waals surface area (Å²) < 4.78 is 18.1. The molecule has 0 aliphatic carbocycles. The highest BCUT2D eigenvalue weighted by atomic mass is 28.4. The molecular formula is C14H32O3Si. The zero-order chi connectivity index (χ0) is 14.0. The molecule has 0 aromatic rings. The Bertz CT molecular complexity index is 180. The van der Waals surface area contributed by atoms with Crippen molar-refractivity contribution in [2.24, 2.45) is 5.92 Å². The quantitative estimate of drug-likeness (QED) is 0.528. The van der Waals surface area contributed by atoms with Crippen molar-refractivity contribution in [3.8, 4) is 0 Å². The molecule has 0 amide bonds. The topological polar surface area (TPSA) is 27.7 Å². The number of hydrogen-bond donors (Lipinski definition) is 0. The van der Waals surface area contributed by atoms with Crippen LogP contribution in [0.3, 0.4) is 0 Å². The van der Waals surface area contributed by atoms with Gasteiger partial charge in [0, 0.05) is 25.4 Å². The molecule has 0 heterocycles. The molecular weight excluding hydrogens is 244 g/mol. The second-order valence-corrected chi connectivity index (χ2v) is 7.71. The molecule has 18 heavy (non-hydrogen) atoms. The van der Waals surface area contributed by atoms with E-state index in [4.69, 9.17) is 13.3 Å². The van der Waals surface area contributed by atoms with Gasteiger partial charge in [-0.15, -0.1) is 0 Å². The number of hydrogen-bond acceptors (Lipinski definition) is 3. The van der Waals surface area contributed by atoms with Crippen LogP contribution >= 0.6 is 0 Å². The SMILES string of the molecule is CCCCC(C(C)C)[Si](OCC)(OCC)OCC. The summed E-state index contributed by atoms with van der Waals surface area (Å²) in [5.41, 5.74) is 0.414. The maximum absolute atomic E-state index is 6.03. The minimum atomic E-state index is -2.53. The van der Waals surface area contributed by atoms with Crippen LogP contribution in [0.4, 0.5) is 0 Å². The predicted octanol–water partition coefficient (Wildman–Crippen LogP) is 4.25. The Kier molecular flexibility index (Phi) is 10.0. The minimum Gasteiger partial charge on any atom is -0.374 e. The molecule has 1 atom stereocenters. The van der Waals surface area contributed by atoms with Crippen LogP contribution in [-0.4, -0.2) is 28.6 Å². The third-order valence-corrected chi connectivity index (χ3v) is 7.10. The van der Waals surface area contributed by atoms with E-state index < -0.39 is 8.80 Å². The fourth-order valence-corrected chi connectivity index (χ4v) is 5.87. The van der Waals surface area contributed by atoms with E-state index in [-0.39, 0.29) is 0 Å². The fraction of sp³-hybridized carbons (Fsp3) is 1.00.